The Morgan fingerprint density at radius 1 is 0.935 bits per heavy atom. The highest BCUT2D eigenvalue weighted by molar-refractivity contribution is 7.99. The van der Waals surface area contributed by atoms with Crippen LogP contribution in [0.2, 0.25) is 0 Å². The molecule has 0 bridgehead atoms. The number of para-hydroxylation sites is 2. The first kappa shape index (κ1) is 22.2. The summed E-state index contributed by atoms with van der Waals surface area (Å²) in [5.74, 6) is -0.442. The van der Waals surface area contributed by atoms with Crippen molar-refractivity contribution in [1.29, 1.82) is 5.26 Å². The van der Waals surface area contributed by atoms with E-state index in [4.69, 9.17) is 0 Å². The third-order valence-corrected chi connectivity index (χ3v) is 5.91. The molecule has 3 aromatic rings. The monoisotopic (exact) mass is 427 g/mol. The minimum Gasteiger partial charge on any atom is -0.360 e. The van der Waals surface area contributed by atoms with Crippen LogP contribution in [0.3, 0.4) is 0 Å². The van der Waals surface area contributed by atoms with Crippen LogP contribution in [-0.4, -0.2) is 5.91 Å². The molecule has 3 aromatic carbocycles. The molecular weight excluding hydrogens is 402 g/mol. The van der Waals surface area contributed by atoms with Crippen molar-refractivity contribution in [2.24, 2.45) is 0 Å². The van der Waals surface area contributed by atoms with Crippen molar-refractivity contribution in [3.63, 3.8) is 0 Å². The summed E-state index contributed by atoms with van der Waals surface area (Å²) >= 11 is 1.56. The molecular formula is C26H25N3OS. The van der Waals surface area contributed by atoms with E-state index in [1.165, 1.54) is 6.20 Å². The second-order valence-corrected chi connectivity index (χ2v) is 7.95. The molecule has 0 spiro atoms. The van der Waals surface area contributed by atoms with E-state index >= 15 is 0 Å². The Morgan fingerprint density at radius 2 is 1.58 bits per heavy atom. The van der Waals surface area contributed by atoms with Gasteiger partial charge in [0, 0.05) is 21.7 Å². The van der Waals surface area contributed by atoms with Crippen molar-refractivity contribution in [3.05, 3.63) is 95.7 Å². The lowest BCUT2D eigenvalue weighted by Gasteiger charge is -2.13. The molecule has 3 rings (SSSR count). The molecule has 0 saturated carbocycles. The highest BCUT2D eigenvalue weighted by atomic mass is 32.2. The Kier molecular flexibility index (Phi) is 7.91. The molecule has 0 heterocycles. The molecule has 0 fully saturated rings. The molecule has 0 saturated heterocycles. The minimum atomic E-state index is -0.442. The van der Waals surface area contributed by atoms with Crippen LogP contribution in [0.15, 0.2) is 94.4 Å². The molecule has 0 atom stereocenters. The Balaban J connectivity index is 1.79. The fourth-order valence-corrected chi connectivity index (χ4v) is 4.11. The van der Waals surface area contributed by atoms with Crippen molar-refractivity contribution >= 4 is 29.0 Å². The number of hydrogen-bond acceptors (Lipinski definition) is 4. The summed E-state index contributed by atoms with van der Waals surface area (Å²) in [6.07, 6.45) is 3.22. The Labute approximate surface area is 188 Å². The van der Waals surface area contributed by atoms with Gasteiger partial charge in [0.2, 0.25) is 0 Å². The zero-order chi connectivity index (χ0) is 22.1. The van der Waals surface area contributed by atoms with Crippen LogP contribution in [0.5, 0.6) is 0 Å². The van der Waals surface area contributed by atoms with Crippen molar-refractivity contribution < 1.29 is 4.79 Å². The maximum absolute atomic E-state index is 12.8. The predicted octanol–water partition coefficient (Wildman–Crippen LogP) is 6.42. The lowest BCUT2D eigenvalue weighted by molar-refractivity contribution is -0.112. The molecule has 5 heteroatoms. The fourth-order valence-electron chi connectivity index (χ4n) is 3.18. The van der Waals surface area contributed by atoms with Gasteiger partial charge >= 0.3 is 0 Å². The molecule has 0 aliphatic carbocycles. The molecule has 0 aliphatic heterocycles. The van der Waals surface area contributed by atoms with Gasteiger partial charge in [0.25, 0.3) is 5.91 Å². The van der Waals surface area contributed by atoms with Gasteiger partial charge in [-0.2, -0.15) is 5.26 Å². The van der Waals surface area contributed by atoms with Gasteiger partial charge in [0.15, 0.2) is 0 Å². The Bertz CT molecular complexity index is 1090. The first-order chi connectivity index (χ1) is 15.2. The molecule has 0 aromatic heterocycles. The van der Waals surface area contributed by atoms with Crippen LogP contribution in [0.1, 0.15) is 25.0 Å². The number of nitrogens with one attached hydrogen (secondary N) is 2. The minimum absolute atomic E-state index is 0.0208. The molecule has 0 aliphatic rings. The molecule has 2 N–H and O–H groups in total. The van der Waals surface area contributed by atoms with Gasteiger partial charge in [-0.15, -0.1) is 0 Å². The highest BCUT2D eigenvalue weighted by Crippen LogP contribution is 2.33. The van der Waals surface area contributed by atoms with E-state index in [1.807, 2.05) is 66.7 Å². The van der Waals surface area contributed by atoms with Crippen molar-refractivity contribution in [1.82, 2.24) is 0 Å². The maximum atomic E-state index is 12.8. The second kappa shape index (κ2) is 11.1. The average molecular weight is 428 g/mol. The number of carbonyl (C=O) groups excluding carboxylic acids is 1. The fraction of sp³-hybridized carbons (Fsp3) is 0.154. The van der Waals surface area contributed by atoms with E-state index in [9.17, 15) is 10.1 Å². The first-order valence-corrected chi connectivity index (χ1v) is 11.1. The second-order valence-electron chi connectivity index (χ2n) is 6.84. The number of nitriles is 1. The number of amides is 1. The van der Waals surface area contributed by atoms with Crippen LogP contribution in [0.4, 0.5) is 11.4 Å². The summed E-state index contributed by atoms with van der Waals surface area (Å²) in [6.45, 7) is 4.17. The van der Waals surface area contributed by atoms with E-state index < -0.39 is 5.91 Å². The summed E-state index contributed by atoms with van der Waals surface area (Å²) in [6, 6.07) is 25.7. The largest absolute Gasteiger partial charge is 0.360 e. The number of hydrogen-bond donors (Lipinski definition) is 2. The standard InChI is InChI=1S/C26H25N3OS/c1-3-19-11-10-12-20(4-2)25(19)28-18-21(17-27)26(30)29-23-15-8-9-16-24(23)31-22-13-6-5-7-14-22/h5-16,18,28H,3-4H2,1-2H3,(H,29,30)/b21-18-. The Hall–Kier alpha value is -3.49. The van der Waals surface area contributed by atoms with E-state index in [1.54, 1.807) is 11.8 Å². The number of carbonyl (C=O) groups is 1. The topological polar surface area (TPSA) is 64.9 Å². The molecule has 31 heavy (non-hydrogen) atoms. The molecule has 4 nitrogen and oxygen atoms in total. The van der Waals surface area contributed by atoms with Crippen molar-refractivity contribution in [2.45, 2.75) is 36.5 Å². The quantitative estimate of drug-likeness (QED) is 0.321. The summed E-state index contributed by atoms with van der Waals surface area (Å²) in [5.41, 5.74) is 3.96. The number of aryl methyl sites for hydroxylation is 2. The molecule has 0 radical (unpaired) electrons. The normalized spacial score (nSPS) is 10.9. The van der Waals surface area contributed by atoms with Gasteiger partial charge in [0.05, 0.1) is 5.69 Å². The van der Waals surface area contributed by atoms with Gasteiger partial charge in [-0.25, -0.2) is 0 Å². The van der Waals surface area contributed by atoms with Crippen LogP contribution in [0, 0.1) is 11.3 Å². The summed E-state index contributed by atoms with van der Waals surface area (Å²) in [4.78, 5) is 14.8. The molecule has 1 amide bonds. The zero-order valence-electron chi connectivity index (χ0n) is 17.7. The van der Waals surface area contributed by atoms with Gasteiger partial charge < -0.3 is 10.6 Å². The van der Waals surface area contributed by atoms with E-state index in [0.29, 0.717) is 5.69 Å². The first-order valence-electron chi connectivity index (χ1n) is 10.3. The van der Waals surface area contributed by atoms with Crippen molar-refractivity contribution in [2.75, 3.05) is 10.6 Å². The van der Waals surface area contributed by atoms with E-state index in [0.717, 1.165) is 39.4 Å². The zero-order valence-corrected chi connectivity index (χ0v) is 18.5. The summed E-state index contributed by atoms with van der Waals surface area (Å²) in [5, 5.41) is 15.7. The van der Waals surface area contributed by atoms with Gasteiger partial charge in [-0.3, -0.25) is 4.79 Å². The highest BCUT2D eigenvalue weighted by Gasteiger charge is 2.13. The number of nitrogens with zero attached hydrogens (tertiary/aromatic N) is 1. The average Bonchev–Trinajstić information content (AvgIpc) is 2.81. The van der Waals surface area contributed by atoms with Gasteiger partial charge in [-0.1, -0.05) is 74.1 Å². The summed E-state index contributed by atoms with van der Waals surface area (Å²) in [7, 11) is 0. The lowest BCUT2D eigenvalue weighted by Crippen LogP contribution is -2.15. The van der Waals surface area contributed by atoms with Crippen LogP contribution >= 0.6 is 11.8 Å². The smallest absolute Gasteiger partial charge is 0.267 e. The van der Waals surface area contributed by atoms with Crippen LogP contribution < -0.4 is 10.6 Å². The van der Waals surface area contributed by atoms with E-state index in [-0.39, 0.29) is 5.57 Å². The van der Waals surface area contributed by atoms with Gasteiger partial charge in [0.1, 0.15) is 11.6 Å². The predicted molar refractivity (Wildman–Crippen MR) is 128 cm³/mol. The third-order valence-electron chi connectivity index (χ3n) is 4.83. The lowest BCUT2D eigenvalue weighted by atomic mass is 10.0. The van der Waals surface area contributed by atoms with Gasteiger partial charge in [-0.05, 0) is 48.2 Å². The third kappa shape index (κ3) is 5.78. The maximum Gasteiger partial charge on any atom is 0.267 e. The van der Waals surface area contributed by atoms with Crippen molar-refractivity contribution in [3.8, 4) is 6.07 Å². The Morgan fingerprint density at radius 3 is 2.23 bits per heavy atom. The summed E-state index contributed by atoms with van der Waals surface area (Å²) < 4.78 is 0. The number of rotatable bonds is 8. The SMILES string of the molecule is CCc1cccc(CC)c1N/C=C(/C#N)C(=O)Nc1ccccc1Sc1ccccc1. The number of anilines is 2. The van der Waals surface area contributed by atoms with E-state index in [2.05, 4.69) is 36.6 Å². The molecule has 156 valence electrons. The molecule has 0 unspecified atom stereocenters. The van der Waals surface area contributed by atoms with Crippen LogP contribution in [0.25, 0.3) is 0 Å². The van der Waals surface area contributed by atoms with Crippen LogP contribution in [-0.2, 0) is 17.6 Å². The number of benzene rings is 3.